The van der Waals surface area contributed by atoms with E-state index in [0.717, 1.165) is 12.1 Å². The lowest BCUT2D eigenvalue weighted by molar-refractivity contribution is -0.111. The first-order valence-electron chi connectivity index (χ1n) is 10.4. The number of hydrogen-bond acceptors (Lipinski definition) is 8. The predicted molar refractivity (Wildman–Crippen MR) is 128 cm³/mol. The van der Waals surface area contributed by atoms with Crippen molar-refractivity contribution in [2.75, 3.05) is 24.9 Å². The van der Waals surface area contributed by atoms with Gasteiger partial charge in [0.25, 0.3) is 0 Å². The summed E-state index contributed by atoms with van der Waals surface area (Å²) in [6.07, 6.45) is 4.19. The molecule has 0 fully saturated rings. The van der Waals surface area contributed by atoms with Gasteiger partial charge in [-0.15, -0.1) is 0 Å². The molecule has 12 heteroatoms. The van der Waals surface area contributed by atoms with Crippen molar-refractivity contribution in [2.45, 2.75) is 0 Å². The Labute approximate surface area is 203 Å². The number of amides is 1. The van der Waals surface area contributed by atoms with Crippen LogP contribution in [0.3, 0.4) is 0 Å². The molecule has 2 aromatic carbocycles. The predicted octanol–water partition coefficient (Wildman–Crippen LogP) is 3.76. The lowest BCUT2D eigenvalue weighted by Crippen LogP contribution is -2.10. The van der Waals surface area contributed by atoms with E-state index in [1.54, 1.807) is 19.3 Å². The first-order valence-corrected chi connectivity index (χ1v) is 10.4. The molecule has 2 N–H and O–H groups in total. The Balaban J connectivity index is 1.71. The third-order valence-corrected chi connectivity index (χ3v) is 5.15. The molecular formula is C24H20F2N6O4. The minimum atomic E-state index is -1.14. The normalized spacial score (nSPS) is 10.7. The molecule has 36 heavy (non-hydrogen) atoms. The number of hydrogen-bond donors (Lipinski definition) is 2. The molecule has 4 rings (SSSR count). The van der Waals surface area contributed by atoms with Gasteiger partial charge < -0.3 is 20.1 Å². The minimum absolute atomic E-state index is 0.0166. The number of nitrogens with one attached hydrogen (secondary N) is 2. The summed E-state index contributed by atoms with van der Waals surface area (Å²) < 4.78 is 41.0. The number of aromatic nitrogens is 4. The maximum atomic E-state index is 14.8. The van der Waals surface area contributed by atoms with Crippen LogP contribution in [0.1, 0.15) is 15.9 Å². The number of methoxy groups -OCH3 is 2. The van der Waals surface area contributed by atoms with Gasteiger partial charge in [-0.3, -0.25) is 14.3 Å². The zero-order valence-electron chi connectivity index (χ0n) is 19.4. The highest BCUT2D eigenvalue weighted by Crippen LogP contribution is 2.33. The van der Waals surface area contributed by atoms with Gasteiger partial charge in [-0.05, 0) is 12.1 Å². The Kier molecular flexibility index (Phi) is 6.59. The summed E-state index contributed by atoms with van der Waals surface area (Å²) in [6.45, 7) is 3.41. The van der Waals surface area contributed by atoms with Gasteiger partial charge in [0.1, 0.15) is 11.3 Å². The van der Waals surface area contributed by atoms with E-state index in [1.807, 2.05) is 0 Å². The summed E-state index contributed by atoms with van der Waals surface area (Å²) in [4.78, 5) is 33.4. The van der Waals surface area contributed by atoms with Crippen molar-refractivity contribution in [1.29, 1.82) is 0 Å². The summed E-state index contributed by atoms with van der Waals surface area (Å²) >= 11 is 0. The second kappa shape index (κ2) is 9.78. The number of ketones is 1. The van der Waals surface area contributed by atoms with Gasteiger partial charge in [0, 0.05) is 30.3 Å². The van der Waals surface area contributed by atoms with Gasteiger partial charge in [0.2, 0.25) is 11.9 Å². The summed E-state index contributed by atoms with van der Waals surface area (Å²) in [6, 6.07) is 5.37. The van der Waals surface area contributed by atoms with Crippen LogP contribution in [0.25, 0.3) is 10.9 Å². The second-order valence-electron chi connectivity index (χ2n) is 7.46. The average molecular weight is 494 g/mol. The third kappa shape index (κ3) is 4.56. The first kappa shape index (κ1) is 24.3. The molecule has 2 heterocycles. The summed E-state index contributed by atoms with van der Waals surface area (Å²) in [5.74, 6) is -3.92. The summed E-state index contributed by atoms with van der Waals surface area (Å²) in [5, 5.41) is 10.3. The second-order valence-corrected chi connectivity index (χ2v) is 7.46. The topological polar surface area (TPSA) is 120 Å². The number of nitrogens with zero attached hydrogens (tertiary/aromatic N) is 4. The molecule has 0 aliphatic rings. The van der Waals surface area contributed by atoms with E-state index in [9.17, 15) is 18.4 Å². The molecule has 4 aromatic rings. The van der Waals surface area contributed by atoms with E-state index in [2.05, 4.69) is 32.3 Å². The van der Waals surface area contributed by atoms with Crippen LogP contribution < -0.4 is 20.1 Å². The standard InChI is InChI=1S/C24H20F2N6O4/c1-5-18(33)28-15-11-32(2)31-23(15)30-24-27-10-13-7-6-12(8-14(13)29-24)22(34)19-20(25)16(35-3)9-17(36-4)21(19)26/h5-11H,1H2,2-4H3,(H,28,33)(H,27,29,30,31). The van der Waals surface area contributed by atoms with Crippen molar-refractivity contribution in [3.8, 4) is 11.5 Å². The summed E-state index contributed by atoms with van der Waals surface area (Å²) in [5.41, 5.74) is -0.138. The highest BCUT2D eigenvalue weighted by Gasteiger charge is 2.26. The molecule has 0 aliphatic heterocycles. The van der Waals surface area contributed by atoms with Gasteiger partial charge in [-0.25, -0.2) is 18.7 Å². The van der Waals surface area contributed by atoms with Crippen molar-refractivity contribution in [2.24, 2.45) is 7.05 Å². The van der Waals surface area contributed by atoms with Crippen LogP contribution in [0.15, 0.2) is 49.3 Å². The van der Waals surface area contributed by atoms with E-state index < -0.39 is 28.9 Å². The zero-order chi connectivity index (χ0) is 26.0. The van der Waals surface area contributed by atoms with E-state index >= 15 is 0 Å². The van der Waals surface area contributed by atoms with E-state index in [0.29, 0.717) is 16.6 Å². The number of benzene rings is 2. The fraction of sp³-hybridized carbons (Fsp3) is 0.125. The fourth-order valence-corrected chi connectivity index (χ4v) is 3.42. The van der Waals surface area contributed by atoms with Gasteiger partial charge in [-0.1, -0.05) is 18.7 Å². The highest BCUT2D eigenvalue weighted by molar-refractivity contribution is 6.11. The number of ether oxygens (including phenoxy) is 2. The Bertz CT molecular complexity index is 1490. The largest absolute Gasteiger partial charge is 0.494 e. The lowest BCUT2D eigenvalue weighted by atomic mass is 10.00. The molecule has 0 radical (unpaired) electrons. The van der Waals surface area contributed by atoms with Crippen molar-refractivity contribution >= 4 is 40.0 Å². The Morgan fingerprint density at radius 3 is 2.44 bits per heavy atom. The van der Waals surface area contributed by atoms with Gasteiger partial charge in [-0.2, -0.15) is 5.10 Å². The molecular weight excluding hydrogens is 474 g/mol. The van der Waals surface area contributed by atoms with Crippen LogP contribution >= 0.6 is 0 Å². The van der Waals surface area contributed by atoms with E-state index in [4.69, 9.17) is 9.47 Å². The molecule has 0 atom stereocenters. The first-order chi connectivity index (χ1) is 17.2. The number of carbonyl (C=O) groups is 2. The van der Waals surface area contributed by atoms with Crippen molar-refractivity contribution < 1.29 is 27.8 Å². The maximum absolute atomic E-state index is 14.8. The quantitative estimate of drug-likeness (QED) is 0.281. The van der Waals surface area contributed by atoms with E-state index in [1.165, 1.54) is 37.2 Å². The zero-order valence-corrected chi connectivity index (χ0v) is 19.4. The summed E-state index contributed by atoms with van der Waals surface area (Å²) in [7, 11) is 4.06. The monoisotopic (exact) mass is 494 g/mol. The molecule has 0 saturated carbocycles. The van der Waals surface area contributed by atoms with Gasteiger partial charge in [0.15, 0.2) is 34.7 Å². The van der Waals surface area contributed by atoms with Crippen molar-refractivity contribution in [3.63, 3.8) is 0 Å². The number of halogens is 2. The third-order valence-electron chi connectivity index (χ3n) is 5.15. The minimum Gasteiger partial charge on any atom is -0.494 e. The maximum Gasteiger partial charge on any atom is 0.247 e. The highest BCUT2D eigenvalue weighted by atomic mass is 19.1. The van der Waals surface area contributed by atoms with Gasteiger partial charge in [0.05, 0.1) is 25.9 Å². The van der Waals surface area contributed by atoms with Crippen LogP contribution in [0, 0.1) is 11.6 Å². The Morgan fingerprint density at radius 2 is 1.81 bits per heavy atom. The molecule has 2 aromatic heterocycles. The lowest BCUT2D eigenvalue weighted by Gasteiger charge is -2.12. The average Bonchev–Trinajstić information content (AvgIpc) is 3.21. The van der Waals surface area contributed by atoms with Crippen LogP contribution in [-0.2, 0) is 11.8 Å². The molecule has 1 amide bonds. The number of rotatable bonds is 8. The molecule has 0 saturated heterocycles. The van der Waals surface area contributed by atoms with Crippen molar-refractivity contribution in [1.82, 2.24) is 19.7 Å². The van der Waals surface area contributed by atoms with Crippen LogP contribution in [0.4, 0.5) is 26.2 Å². The molecule has 0 spiro atoms. The Morgan fingerprint density at radius 1 is 1.11 bits per heavy atom. The molecule has 0 unspecified atom stereocenters. The van der Waals surface area contributed by atoms with E-state index in [-0.39, 0.29) is 28.8 Å². The number of carbonyl (C=O) groups excluding carboxylic acids is 2. The SMILES string of the molecule is C=CC(=O)Nc1cn(C)nc1Nc1ncc2ccc(C(=O)c3c(F)c(OC)cc(OC)c3F)cc2n1. The molecule has 184 valence electrons. The van der Waals surface area contributed by atoms with Crippen LogP contribution in [0.5, 0.6) is 11.5 Å². The fourth-order valence-electron chi connectivity index (χ4n) is 3.42. The molecule has 0 aliphatic carbocycles. The van der Waals surface area contributed by atoms with Crippen LogP contribution in [-0.4, -0.2) is 45.7 Å². The van der Waals surface area contributed by atoms with Gasteiger partial charge >= 0.3 is 0 Å². The Hall–Kier alpha value is -4.87. The molecule has 0 bridgehead atoms. The smallest absolute Gasteiger partial charge is 0.247 e. The number of aryl methyl sites for hydroxylation is 1. The number of anilines is 3. The van der Waals surface area contributed by atoms with Crippen molar-refractivity contribution in [3.05, 3.63) is 72.1 Å². The molecule has 10 nitrogen and oxygen atoms in total. The van der Waals surface area contributed by atoms with Crippen LogP contribution in [0.2, 0.25) is 0 Å². The number of fused-ring (bicyclic) bond motifs is 1.